The molecule has 3 aromatic rings. The van der Waals surface area contributed by atoms with Crippen LogP contribution < -0.4 is 16.1 Å². The van der Waals surface area contributed by atoms with E-state index < -0.39 is 11.5 Å². The van der Waals surface area contributed by atoms with Crippen LogP contribution >= 0.6 is 0 Å². The Morgan fingerprint density at radius 3 is 2.62 bits per heavy atom. The van der Waals surface area contributed by atoms with Gasteiger partial charge in [-0.05, 0) is 42.7 Å². The van der Waals surface area contributed by atoms with Crippen LogP contribution in [0.25, 0.3) is 11.0 Å². The highest BCUT2D eigenvalue weighted by molar-refractivity contribution is 5.86. The largest absolute Gasteiger partial charge is 0.439 e. The molecule has 26 heavy (non-hydrogen) atoms. The van der Waals surface area contributed by atoms with E-state index in [1.54, 1.807) is 18.2 Å². The van der Waals surface area contributed by atoms with Crippen molar-refractivity contribution in [3.63, 3.8) is 0 Å². The number of hydrogen-bond donors (Lipinski definition) is 1. The van der Waals surface area contributed by atoms with Crippen molar-refractivity contribution < 1.29 is 9.15 Å². The summed E-state index contributed by atoms with van der Waals surface area (Å²) in [6.07, 6.45) is 0. The lowest BCUT2D eigenvalue weighted by Crippen LogP contribution is -2.26. The third-order valence-corrected chi connectivity index (χ3v) is 4.84. The molecule has 2 N–H and O–H groups in total. The van der Waals surface area contributed by atoms with E-state index in [-0.39, 0.29) is 11.5 Å². The van der Waals surface area contributed by atoms with E-state index in [4.69, 9.17) is 14.9 Å². The molecule has 0 bridgehead atoms. The van der Waals surface area contributed by atoms with Crippen molar-refractivity contribution in [1.29, 1.82) is 5.26 Å². The number of benzene rings is 2. The quantitative estimate of drug-likeness (QED) is 0.681. The average Bonchev–Trinajstić information content (AvgIpc) is 2.63. The lowest BCUT2D eigenvalue weighted by molar-refractivity contribution is 0.388. The Labute approximate surface area is 149 Å². The molecule has 0 spiro atoms. The summed E-state index contributed by atoms with van der Waals surface area (Å²) in [4.78, 5) is 12.8. The van der Waals surface area contributed by atoms with Gasteiger partial charge >= 0.3 is 5.63 Å². The van der Waals surface area contributed by atoms with E-state index in [0.29, 0.717) is 22.3 Å². The van der Waals surface area contributed by atoms with Gasteiger partial charge < -0.3 is 14.9 Å². The van der Waals surface area contributed by atoms with Crippen molar-refractivity contribution in [2.45, 2.75) is 19.8 Å². The predicted octanol–water partition coefficient (Wildman–Crippen LogP) is 3.63. The van der Waals surface area contributed by atoms with Gasteiger partial charge in [0.2, 0.25) is 5.88 Å². The summed E-state index contributed by atoms with van der Waals surface area (Å²) in [5, 5.41) is 10.3. The van der Waals surface area contributed by atoms with Gasteiger partial charge in [0.1, 0.15) is 17.2 Å². The molecule has 0 radical (unpaired) electrons. The van der Waals surface area contributed by atoms with Gasteiger partial charge in [-0.25, -0.2) is 4.79 Å². The molecule has 4 rings (SSSR count). The third kappa shape index (κ3) is 2.27. The van der Waals surface area contributed by atoms with Crippen LogP contribution in [0, 0.1) is 25.2 Å². The molecule has 0 saturated carbocycles. The number of hydrogen-bond acceptors (Lipinski definition) is 5. The Morgan fingerprint density at radius 2 is 1.88 bits per heavy atom. The van der Waals surface area contributed by atoms with Crippen LogP contribution in [0.5, 0.6) is 5.75 Å². The van der Waals surface area contributed by atoms with E-state index in [2.05, 4.69) is 6.07 Å². The molecule has 1 atom stereocenters. The first-order chi connectivity index (χ1) is 12.5. The Morgan fingerprint density at radius 1 is 1.12 bits per heavy atom. The summed E-state index contributed by atoms with van der Waals surface area (Å²) in [6, 6.07) is 15.1. The lowest BCUT2D eigenvalue weighted by Gasteiger charge is -2.26. The summed E-state index contributed by atoms with van der Waals surface area (Å²) in [5.41, 5.74) is 9.45. The van der Waals surface area contributed by atoms with Crippen LogP contribution in [0.3, 0.4) is 0 Å². The normalized spacial score (nSPS) is 16.1. The zero-order chi connectivity index (χ0) is 18.4. The van der Waals surface area contributed by atoms with Gasteiger partial charge in [0.25, 0.3) is 0 Å². The number of fused-ring (bicyclic) bond motifs is 3. The van der Waals surface area contributed by atoms with Gasteiger partial charge in [-0.3, -0.25) is 0 Å². The minimum Gasteiger partial charge on any atom is -0.439 e. The Balaban J connectivity index is 2.08. The van der Waals surface area contributed by atoms with Gasteiger partial charge in [-0.15, -0.1) is 0 Å². The van der Waals surface area contributed by atoms with E-state index in [1.807, 2.05) is 38.1 Å². The fourth-order valence-corrected chi connectivity index (χ4v) is 3.34. The monoisotopic (exact) mass is 344 g/mol. The Hall–Kier alpha value is -3.52. The SMILES string of the molecule is Cc1ccc(C2C(C#N)=C(N)Oc3c2c(=O)oc2ccccc32)cc1C. The Kier molecular flexibility index (Phi) is 3.55. The van der Waals surface area contributed by atoms with Gasteiger partial charge in [-0.1, -0.05) is 30.3 Å². The van der Waals surface area contributed by atoms with Crippen molar-refractivity contribution in [1.82, 2.24) is 0 Å². The molecule has 0 amide bonds. The highest BCUT2D eigenvalue weighted by atomic mass is 16.5. The maximum Gasteiger partial charge on any atom is 0.344 e. The maximum absolute atomic E-state index is 12.8. The molecule has 5 nitrogen and oxygen atoms in total. The number of nitriles is 1. The number of ether oxygens (including phenoxy) is 1. The predicted molar refractivity (Wildman–Crippen MR) is 97.7 cm³/mol. The molecule has 0 saturated heterocycles. The smallest absolute Gasteiger partial charge is 0.344 e. The minimum absolute atomic E-state index is 0.0129. The van der Waals surface area contributed by atoms with Crippen LogP contribution in [0.2, 0.25) is 0 Å². The number of nitrogens with zero attached hydrogens (tertiary/aromatic N) is 1. The summed E-state index contributed by atoms with van der Waals surface area (Å²) in [5.74, 6) is -0.250. The molecule has 1 aromatic heterocycles. The molecule has 0 aliphatic carbocycles. The van der Waals surface area contributed by atoms with Crippen LogP contribution in [0.1, 0.15) is 28.2 Å². The molecular weight excluding hydrogens is 328 g/mol. The minimum atomic E-state index is -0.621. The summed E-state index contributed by atoms with van der Waals surface area (Å²) in [6.45, 7) is 4.00. The molecule has 128 valence electrons. The van der Waals surface area contributed by atoms with Gasteiger partial charge in [0, 0.05) is 0 Å². The van der Waals surface area contributed by atoms with Crippen LogP contribution in [-0.2, 0) is 0 Å². The number of rotatable bonds is 1. The zero-order valence-electron chi connectivity index (χ0n) is 14.4. The molecule has 1 aliphatic rings. The first-order valence-corrected chi connectivity index (χ1v) is 8.21. The maximum atomic E-state index is 12.8. The van der Waals surface area contributed by atoms with Crippen molar-refractivity contribution in [2.24, 2.45) is 5.73 Å². The highest BCUT2D eigenvalue weighted by Gasteiger charge is 2.35. The third-order valence-electron chi connectivity index (χ3n) is 4.84. The van der Waals surface area contributed by atoms with Crippen LogP contribution in [-0.4, -0.2) is 0 Å². The van der Waals surface area contributed by atoms with Crippen molar-refractivity contribution in [3.8, 4) is 11.8 Å². The van der Waals surface area contributed by atoms with E-state index in [0.717, 1.165) is 16.7 Å². The van der Waals surface area contributed by atoms with Gasteiger partial charge in [0.05, 0.1) is 16.9 Å². The van der Waals surface area contributed by atoms with E-state index in [9.17, 15) is 10.1 Å². The highest BCUT2D eigenvalue weighted by Crippen LogP contribution is 2.43. The summed E-state index contributed by atoms with van der Waals surface area (Å²) >= 11 is 0. The zero-order valence-corrected chi connectivity index (χ0v) is 14.4. The topological polar surface area (TPSA) is 89.3 Å². The molecule has 5 heteroatoms. The fourth-order valence-electron chi connectivity index (χ4n) is 3.34. The Bertz CT molecular complexity index is 1180. The standard InChI is InChI=1S/C21H16N2O3/c1-11-7-8-13(9-12(11)2)17-15(10-22)20(23)26-19-14-5-3-4-6-16(14)25-21(24)18(17)19/h3-9,17H,23H2,1-2H3. The first kappa shape index (κ1) is 16.0. The average molecular weight is 344 g/mol. The van der Waals surface area contributed by atoms with Gasteiger partial charge in [-0.2, -0.15) is 5.26 Å². The molecule has 0 fully saturated rings. The molecule has 2 heterocycles. The molecule has 1 aliphatic heterocycles. The van der Waals surface area contributed by atoms with Crippen molar-refractivity contribution in [3.05, 3.63) is 86.6 Å². The van der Waals surface area contributed by atoms with E-state index >= 15 is 0 Å². The van der Waals surface area contributed by atoms with E-state index in [1.165, 1.54) is 0 Å². The first-order valence-electron chi connectivity index (χ1n) is 8.21. The number of nitrogens with two attached hydrogens (primary N) is 1. The molecular formula is C21H16N2O3. The molecule has 2 aromatic carbocycles. The summed E-state index contributed by atoms with van der Waals surface area (Å²) in [7, 11) is 0. The number of aryl methyl sites for hydroxylation is 2. The fraction of sp³-hybridized carbons (Fsp3) is 0.143. The van der Waals surface area contributed by atoms with Gasteiger partial charge in [0.15, 0.2) is 5.75 Å². The second-order valence-electron chi connectivity index (χ2n) is 6.40. The molecule has 1 unspecified atom stereocenters. The van der Waals surface area contributed by atoms with Crippen molar-refractivity contribution >= 4 is 11.0 Å². The second kappa shape index (κ2) is 5.78. The van der Waals surface area contributed by atoms with Crippen LogP contribution in [0.15, 0.2) is 63.1 Å². The van der Waals surface area contributed by atoms with Crippen LogP contribution in [0.4, 0.5) is 0 Å². The summed E-state index contributed by atoms with van der Waals surface area (Å²) < 4.78 is 11.2. The number of allylic oxidation sites excluding steroid dienone is 1. The number of para-hydroxylation sites is 1. The lowest BCUT2D eigenvalue weighted by atomic mass is 9.83. The second-order valence-corrected chi connectivity index (χ2v) is 6.40. The van der Waals surface area contributed by atoms with Crippen molar-refractivity contribution in [2.75, 3.05) is 0 Å².